The first-order valence-corrected chi connectivity index (χ1v) is 14.5. The number of benzene rings is 1. The molecule has 1 aromatic carbocycles. The Morgan fingerprint density at radius 3 is 2.73 bits per heavy atom. The van der Waals surface area contributed by atoms with E-state index in [-0.39, 0.29) is 12.4 Å². The van der Waals surface area contributed by atoms with E-state index in [9.17, 15) is 10.2 Å². The van der Waals surface area contributed by atoms with Crippen molar-refractivity contribution < 1.29 is 14.9 Å². The fourth-order valence-electron chi connectivity index (χ4n) is 5.91. The minimum absolute atomic E-state index is 0.120. The van der Waals surface area contributed by atoms with E-state index in [0.717, 1.165) is 72.8 Å². The molecule has 0 amide bonds. The van der Waals surface area contributed by atoms with Gasteiger partial charge in [-0.3, -0.25) is 4.90 Å². The zero-order valence-electron chi connectivity index (χ0n) is 23.9. The molecule has 212 valence electrons. The molecule has 1 atom stereocenters. The Morgan fingerprint density at radius 1 is 1.15 bits per heavy atom. The highest BCUT2D eigenvalue weighted by Crippen LogP contribution is 2.36. The summed E-state index contributed by atoms with van der Waals surface area (Å²) in [5.41, 5.74) is 5.94. The maximum atomic E-state index is 10.2. The van der Waals surface area contributed by atoms with Crippen LogP contribution >= 0.6 is 0 Å². The number of rotatable bonds is 12. The van der Waals surface area contributed by atoms with E-state index >= 15 is 0 Å². The fourth-order valence-corrected chi connectivity index (χ4v) is 5.91. The molecule has 3 N–H and O–H groups in total. The Balaban J connectivity index is 1.57. The van der Waals surface area contributed by atoms with E-state index in [2.05, 4.69) is 53.8 Å². The van der Waals surface area contributed by atoms with Gasteiger partial charge in [-0.2, -0.15) is 0 Å². The van der Waals surface area contributed by atoms with Gasteiger partial charge in [0.1, 0.15) is 18.1 Å². The van der Waals surface area contributed by atoms with Crippen LogP contribution in [-0.4, -0.2) is 61.1 Å². The van der Waals surface area contributed by atoms with Gasteiger partial charge in [0.25, 0.3) is 0 Å². The number of allylic oxidation sites excluding steroid dienone is 10. The van der Waals surface area contributed by atoms with Crippen LogP contribution in [-0.2, 0) is 4.74 Å². The molecule has 1 unspecified atom stereocenters. The lowest BCUT2D eigenvalue weighted by atomic mass is 9.85. The summed E-state index contributed by atoms with van der Waals surface area (Å²) in [7, 11) is 0. The van der Waals surface area contributed by atoms with Gasteiger partial charge >= 0.3 is 0 Å². The summed E-state index contributed by atoms with van der Waals surface area (Å²) in [6.07, 6.45) is 14.5. The molecule has 0 radical (unpaired) electrons. The smallest absolute Gasteiger partial charge is 0.118 e. The van der Waals surface area contributed by atoms with E-state index in [1.807, 2.05) is 30.4 Å². The molecule has 2 aliphatic heterocycles. The van der Waals surface area contributed by atoms with Crippen LogP contribution in [0, 0.1) is 17.3 Å². The van der Waals surface area contributed by atoms with Gasteiger partial charge in [0.05, 0.1) is 6.42 Å². The van der Waals surface area contributed by atoms with Crippen molar-refractivity contribution in [1.82, 2.24) is 10.2 Å². The molecular formula is C35H44N2O3. The van der Waals surface area contributed by atoms with Crippen LogP contribution in [0.4, 0.5) is 0 Å². The molecule has 0 aromatic heterocycles. The maximum Gasteiger partial charge on any atom is 0.118 e. The predicted molar refractivity (Wildman–Crippen MR) is 164 cm³/mol. The van der Waals surface area contributed by atoms with Crippen molar-refractivity contribution in [2.75, 3.05) is 45.9 Å². The average Bonchev–Trinajstić information content (AvgIpc) is 3.60. The molecule has 0 saturated carbocycles. The van der Waals surface area contributed by atoms with Crippen LogP contribution in [0.3, 0.4) is 0 Å². The molecular weight excluding hydrogens is 496 g/mol. The highest BCUT2D eigenvalue weighted by molar-refractivity contribution is 5.77. The normalized spacial score (nSPS) is 25.1. The quantitative estimate of drug-likeness (QED) is 0.170. The van der Waals surface area contributed by atoms with E-state index in [1.54, 1.807) is 12.2 Å². The van der Waals surface area contributed by atoms with Crippen molar-refractivity contribution in [3.63, 3.8) is 0 Å². The minimum Gasteiger partial charge on any atom is -0.511 e. The first-order chi connectivity index (χ1) is 19.5. The lowest BCUT2D eigenvalue weighted by molar-refractivity contribution is 0.171. The second kappa shape index (κ2) is 14.9. The van der Waals surface area contributed by atoms with Gasteiger partial charge < -0.3 is 20.3 Å². The number of hydrogen-bond donors (Lipinski definition) is 3. The van der Waals surface area contributed by atoms with Gasteiger partial charge in [-0.1, -0.05) is 60.9 Å². The summed E-state index contributed by atoms with van der Waals surface area (Å²) in [6.45, 7) is 12.3. The Bertz CT molecular complexity index is 1230. The second-order valence-electron chi connectivity index (χ2n) is 11.0. The molecule has 3 aliphatic rings. The molecule has 1 aromatic rings. The Morgan fingerprint density at radius 2 is 1.98 bits per heavy atom. The van der Waals surface area contributed by atoms with Crippen LogP contribution in [0.15, 0.2) is 95.5 Å². The van der Waals surface area contributed by atoms with Gasteiger partial charge in [0.15, 0.2) is 0 Å². The number of hydrogen-bond acceptors (Lipinski definition) is 5. The van der Waals surface area contributed by atoms with Gasteiger partial charge in [-0.15, -0.1) is 0 Å². The van der Waals surface area contributed by atoms with Gasteiger partial charge in [0.2, 0.25) is 0 Å². The van der Waals surface area contributed by atoms with E-state index < -0.39 is 0 Å². The van der Waals surface area contributed by atoms with Gasteiger partial charge in [-0.05, 0) is 97.2 Å². The molecule has 2 heterocycles. The third-order valence-corrected chi connectivity index (χ3v) is 8.10. The standard InChI is InChI=1S/C35H44N2O3/c1-3-32(40-25-23-37-22-20-35(27-37)19-21-36-26-35)18-15-28(2)34(30-12-7-8-13-31(39)17-16-30)33(14-9-24-38)29-10-5-4-6-11-29/h3-6,10-11,15-18,36,38-39H,1,9,12-14,19-27H2,2H3/b28-15+,30-16+,31-17+,32-18+,34-33+. The van der Waals surface area contributed by atoms with Gasteiger partial charge in [0, 0.05) is 32.7 Å². The molecule has 1 aliphatic carbocycles. The average molecular weight is 541 g/mol. The molecule has 0 bridgehead atoms. The van der Waals surface area contributed by atoms with Crippen molar-refractivity contribution >= 4 is 5.57 Å². The summed E-state index contributed by atoms with van der Waals surface area (Å²) >= 11 is 0. The Hall–Kier alpha value is -3.30. The molecule has 5 heteroatoms. The van der Waals surface area contributed by atoms with Crippen LogP contribution in [0.2, 0.25) is 0 Å². The van der Waals surface area contributed by atoms with Crippen LogP contribution in [0.5, 0.6) is 0 Å². The predicted octanol–water partition coefficient (Wildman–Crippen LogP) is 6.10. The number of ether oxygens (including phenoxy) is 1. The SMILES string of the molecule is C=C\C(=C/C=C(C)/C(C1=C/C=C(/O)CC#CC\1)=C(/CCCO)c1ccccc1)OCCN1CCC2(CCNC2)C1. The van der Waals surface area contributed by atoms with E-state index in [1.165, 1.54) is 12.8 Å². The number of likely N-dealkylation sites (tertiary alicyclic amines) is 1. The van der Waals surface area contributed by atoms with Crippen molar-refractivity contribution in [2.24, 2.45) is 5.41 Å². The second-order valence-corrected chi connectivity index (χ2v) is 11.0. The monoisotopic (exact) mass is 540 g/mol. The van der Waals surface area contributed by atoms with Crippen LogP contribution in [0.1, 0.15) is 51.0 Å². The summed E-state index contributed by atoms with van der Waals surface area (Å²) in [5.74, 6) is 7.29. The summed E-state index contributed by atoms with van der Waals surface area (Å²) < 4.78 is 6.15. The zero-order chi connectivity index (χ0) is 28.2. The number of nitrogens with zero attached hydrogens (tertiary/aromatic N) is 1. The van der Waals surface area contributed by atoms with Crippen molar-refractivity contribution in [2.45, 2.75) is 45.4 Å². The first-order valence-electron chi connectivity index (χ1n) is 14.5. The number of aliphatic hydroxyl groups excluding tert-OH is 2. The summed E-state index contributed by atoms with van der Waals surface area (Å²) in [5, 5.41) is 23.4. The third kappa shape index (κ3) is 8.11. The number of aliphatic hydroxyl groups is 2. The van der Waals surface area contributed by atoms with Crippen LogP contribution < -0.4 is 5.32 Å². The largest absolute Gasteiger partial charge is 0.511 e. The first kappa shape index (κ1) is 29.7. The van der Waals surface area contributed by atoms with Gasteiger partial charge in [-0.25, -0.2) is 0 Å². The topological polar surface area (TPSA) is 65.0 Å². The third-order valence-electron chi connectivity index (χ3n) is 8.10. The van der Waals surface area contributed by atoms with Crippen molar-refractivity contribution in [3.05, 3.63) is 101 Å². The molecule has 1 spiro atoms. The Kier molecular flexibility index (Phi) is 11.1. The highest BCUT2D eigenvalue weighted by atomic mass is 16.5. The lowest BCUT2D eigenvalue weighted by Gasteiger charge is -2.22. The van der Waals surface area contributed by atoms with E-state index in [4.69, 9.17) is 4.74 Å². The summed E-state index contributed by atoms with van der Waals surface area (Å²) in [6, 6.07) is 10.3. The van der Waals surface area contributed by atoms with Crippen molar-refractivity contribution in [3.8, 4) is 11.8 Å². The van der Waals surface area contributed by atoms with Crippen LogP contribution in [0.25, 0.3) is 5.57 Å². The molecule has 5 nitrogen and oxygen atoms in total. The maximum absolute atomic E-state index is 10.2. The number of nitrogens with one attached hydrogen (secondary N) is 1. The Labute approximate surface area is 240 Å². The molecule has 2 saturated heterocycles. The highest BCUT2D eigenvalue weighted by Gasteiger charge is 2.39. The fraction of sp³-hybridized carbons (Fsp3) is 0.429. The minimum atomic E-state index is 0.120. The summed E-state index contributed by atoms with van der Waals surface area (Å²) in [4.78, 5) is 2.52. The molecule has 40 heavy (non-hydrogen) atoms. The molecule has 4 rings (SSSR count). The zero-order valence-corrected chi connectivity index (χ0v) is 23.9. The van der Waals surface area contributed by atoms with E-state index in [0.29, 0.717) is 31.3 Å². The van der Waals surface area contributed by atoms with Crippen molar-refractivity contribution in [1.29, 1.82) is 0 Å². The molecule has 2 fully saturated rings. The lowest BCUT2D eigenvalue weighted by Crippen LogP contribution is -2.31.